The lowest BCUT2D eigenvalue weighted by Gasteiger charge is -2.49. The van der Waals surface area contributed by atoms with Crippen LogP contribution in [0.4, 0.5) is 0 Å². The topological polar surface area (TPSA) is 87.0 Å². The fourth-order valence-corrected chi connectivity index (χ4v) is 4.33. The Labute approximate surface area is 131 Å². The van der Waals surface area contributed by atoms with E-state index in [1.54, 1.807) is 6.92 Å². The van der Waals surface area contributed by atoms with Gasteiger partial charge in [0.15, 0.2) is 0 Å². The van der Waals surface area contributed by atoms with E-state index in [-0.39, 0.29) is 24.0 Å². The summed E-state index contributed by atoms with van der Waals surface area (Å²) in [4.78, 5) is 12.6. The van der Waals surface area contributed by atoms with E-state index in [4.69, 9.17) is 4.74 Å². The second-order valence-electron chi connectivity index (χ2n) is 7.16. The Bertz CT molecular complexity index is 485. The summed E-state index contributed by atoms with van der Waals surface area (Å²) < 4.78 is 6.11. The van der Waals surface area contributed by atoms with Gasteiger partial charge in [0.2, 0.25) is 0 Å². The minimum Gasteiger partial charge on any atom is -0.512 e. The van der Waals surface area contributed by atoms with Crippen molar-refractivity contribution in [3.8, 4) is 0 Å². The van der Waals surface area contributed by atoms with Crippen molar-refractivity contribution in [3.63, 3.8) is 0 Å². The first-order valence-electron chi connectivity index (χ1n) is 8.37. The number of fused-ring (bicyclic) bond motifs is 1. The largest absolute Gasteiger partial charge is 0.512 e. The number of aliphatic hydroxyl groups is 3. The molecule has 5 heteroatoms. The van der Waals surface area contributed by atoms with Crippen molar-refractivity contribution >= 4 is 5.78 Å². The quantitative estimate of drug-likeness (QED) is 0.686. The normalized spacial score (nSPS) is 46.5. The molecule has 0 aromatic heterocycles. The first kappa shape index (κ1) is 16.0. The molecule has 2 aliphatic carbocycles. The van der Waals surface area contributed by atoms with Gasteiger partial charge in [-0.1, -0.05) is 13.8 Å². The van der Waals surface area contributed by atoms with Gasteiger partial charge >= 0.3 is 0 Å². The van der Waals surface area contributed by atoms with Crippen molar-refractivity contribution in [1.29, 1.82) is 0 Å². The Balaban J connectivity index is 1.86. The third kappa shape index (κ3) is 2.49. The molecule has 22 heavy (non-hydrogen) atoms. The molecule has 2 fully saturated rings. The Morgan fingerprint density at radius 1 is 1.05 bits per heavy atom. The first-order chi connectivity index (χ1) is 10.4. The molecule has 0 bridgehead atoms. The highest BCUT2D eigenvalue weighted by Gasteiger charge is 2.53. The molecule has 0 spiro atoms. The summed E-state index contributed by atoms with van der Waals surface area (Å²) in [6.45, 7) is 3.65. The lowest BCUT2D eigenvalue weighted by molar-refractivity contribution is -0.196. The number of ether oxygens (including phenoxy) is 1. The number of rotatable bonds is 1. The highest BCUT2D eigenvalue weighted by atomic mass is 16.5. The van der Waals surface area contributed by atoms with Gasteiger partial charge in [-0.3, -0.25) is 4.79 Å². The zero-order chi connectivity index (χ0) is 16.0. The molecule has 5 nitrogen and oxygen atoms in total. The number of hydrogen-bond acceptors (Lipinski definition) is 5. The highest BCUT2D eigenvalue weighted by Crippen LogP contribution is 2.43. The molecule has 3 rings (SSSR count). The van der Waals surface area contributed by atoms with Crippen LogP contribution in [-0.2, 0) is 9.53 Å². The predicted octanol–water partition coefficient (Wildman–Crippen LogP) is 1.72. The zero-order valence-electron chi connectivity index (χ0n) is 13.2. The van der Waals surface area contributed by atoms with E-state index in [9.17, 15) is 20.1 Å². The van der Waals surface area contributed by atoms with Crippen LogP contribution in [0.25, 0.3) is 0 Å². The van der Waals surface area contributed by atoms with Crippen LogP contribution in [0.15, 0.2) is 11.3 Å². The molecule has 0 aromatic carbocycles. The van der Waals surface area contributed by atoms with Crippen molar-refractivity contribution in [1.82, 2.24) is 0 Å². The molecular formula is C17H26O5. The smallest absolute Gasteiger partial charge is 0.144 e. The van der Waals surface area contributed by atoms with Gasteiger partial charge in [0.25, 0.3) is 0 Å². The van der Waals surface area contributed by atoms with E-state index < -0.39 is 30.3 Å². The van der Waals surface area contributed by atoms with Crippen LogP contribution in [0.2, 0.25) is 0 Å². The molecule has 3 aliphatic rings. The Kier molecular flexibility index (Phi) is 4.32. The number of carbonyl (C=O) groups is 1. The third-order valence-corrected chi connectivity index (χ3v) is 5.80. The molecule has 1 saturated carbocycles. The molecule has 7 atom stereocenters. The fourth-order valence-electron chi connectivity index (χ4n) is 4.33. The third-order valence-electron chi connectivity index (χ3n) is 5.80. The zero-order valence-corrected chi connectivity index (χ0v) is 13.2. The van der Waals surface area contributed by atoms with E-state index in [2.05, 4.69) is 0 Å². The number of carbonyl (C=O) groups excluding carboxylic acids is 1. The summed E-state index contributed by atoms with van der Waals surface area (Å²) >= 11 is 0. The molecule has 0 radical (unpaired) electrons. The SMILES string of the molecule is CC1C(O)C(C)C2OC(C3=C(O)CCCC3)CC(=O)C2C1O. The van der Waals surface area contributed by atoms with Gasteiger partial charge < -0.3 is 20.1 Å². The molecule has 3 N–H and O–H groups in total. The summed E-state index contributed by atoms with van der Waals surface area (Å²) in [6, 6.07) is 0. The Hall–Kier alpha value is -0.910. The van der Waals surface area contributed by atoms with Gasteiger partial charge in [0.1, 0.15) is 5.78 Å². The summed E-state index contributed by atoms with van der Waals surface area (Å²) in [5.74, 6) is -0.745. The number of hydrogen-bond donors (Lipinski definition) is 3. The van der Waals surface area contributed by atoms with Gasteiger partial charge in [-0.05, 0) is 24.8 Å². The van der Waals surface area contributed by atoms with E-state index in [1.165, 1.54) is 0 Å². The van der Waals surface area contributed by atoms with E-state index in [1.807, 2.05) is 6.92 Å². The van der Waals surface area contributed by atoms with Crippen LogP contribution in [0.1, 0.15) is 46.0 Å². The average Bonchev–Trinajstić information content (AvgIpc) is 2.50. The van der Waals surface area contributed by atoms with Crippen LogP contribution in [-0.4, -0.2) is 45.5 Å². The maximum atomic E-state index is 12.6. The van der Waals surface area contributed by atoms with Crippen molar-refractivity contribution in [2.45, 2.75) is 70.4 Å². The van der Waals surface area contributed by atoms with Crippen molar-refractivity contribution in [2.75, 3.05) is 0 Å². The van der Waals surface area contributed by atoms with E-state index >= 15 is 0 Å². The van der Waals surface area contributed by atoms with Crippen LogP contribution < -0.4 is 0 Å². The summed E-state index contributed by atoms with van der Waals surface area (Å²) in [5.41, 5.74) is 0.841. The average molecular weight is 310 g/mol. The number of Topliss-reactive ketones (excluding diaryl/α,β-unsaturated/α-hetero) is 1. The van der Waals surface area contributed by atoms with Gasteiger partial charge in [-0.25, -0.2) is 0 Å². The molecule has 0 aromatic rings. The maximum Gasteiger partial charge on any atom is 0.144 e. The molecule has 7 unspecified atom stereocenters. The molecule has 1 heterocycles. The van der Waals surface area contributed by atoms with Crippen molar-refractivity contribution in [2.24, 2.45) is 17.8 Å². The summed E-state index contributed by atoms with van der Waals surface area (Å²) in [6.07, 6.45) is 1.17. The number of ketones is 1. The second kappa shape index (κ2) is 5.95. The number of aliphatic hydroxyl groups excluding tert-OH is 3. The maximum absolute atomic E-state index is 12.6. The van der Waals surface area contributed by atoms with Gasteiger partial charge in [0, 0.05) is 24.7 Å². The first-order valence-corrected chi connectivity index (χ1v) is 8.37. The Morgan fingerprint density at radius 3 is 2.41 bits per heavy atom. The van der Waals surface area contributed by atoms with Gasteiger partial charge in [-0.2, -0.15) is 0 Å². The molecule has 124 valence electrons. The van der Waals surface area contributed by atoms with Gasteiger partial charge in [-0.15, -0.1) is 0 Å². The lowest BCUT2D eigenvalue weighted by Crippen LogP contribution is -2.60. The molecule has 1 saturated heterocycles. The number of allylic oxidation sites excluding steroid dienone is 1. The monoisotopic (exact) mass is 310 g/mol. The fraction of sp³-hybridized carbons (Fsp3) is 0.824. The molecule has 1 aliphatic heterocycles. The highest BCUT2D eigenvalue weighted by molar-refractivity contribution is 5.84. The lowest BCUT2D eigenvalue weighted by atomic mass is 9.66. The minimum absolute atomic E-state index is 0.00905. The van der Waals surface area contributed by atoms with E-state index in [0.29, 0.717) is 12.2 Å². The molecule has 0 amide bonds. The standard InChI is InChI=1S/C17H26O5/c1-8-15(20)9(2)17-14(16(8)21)12(19)7-13(22-17)10-5-3-4-6-11(10)18/h8-9,13-18,20-21H,3-7H2,1-2H3. The van der Waals surface area contributed by atoms with Crippen molar-refractivity contribution in [3.05, 3.63) is 11.3 Å². The van der Waals surface area contributed by atoms with Crippen LogP contribution >= 0.6 is 0 Å². The van der Waals surface area contributed by atoms with Crippen LogP contribution in [0.3, 0.4) is 0 Å². The van der Waals surface area contributed by atoms with Crippen molar-refractivity contribution < 1.29 is 24.9 Å². The molecular weight excluding hydrogens is 284 g/mol. The summed E-state index contributed by atoms with van der Waals surface area (Å²) in [5, 5.41) is 30.7. The Morgan fingerprint density at radius 2 is 1.73 bits per heavy atom. The van der Waals surface area contributed by atoms with Gasteiger partial charge in [0.05, 0.1) is 36.1 Å². The van der Waals surface area contributed by atoms with E-state index in [0.717, 1.165) is 24.8 Å². The second-order valence-corrected chi connectivity index (χ2v) is 7.16. The van der Waals surface area contributed by atoms with Crippen LogP contribution in [0, 0.1) is 17.8 Å². The van der Waals surface area contributed by atoms with Crippen LogP contribution in [0.5, 0.6) is 0 Å². The summed E-state index contributed by atoms with van der Waals surface area (Å²) in [7, 11) is 0. The minimum atomic E-state index is -0.862. The predicted molar refractivity (Wildman–Crippen MR) is 80.2 cm³/mol.